The molecule has 6 rings (SSSR count). The van der Waals surface area contributed by atoms with Crippen LogP contribution in [-0.2, 0) is 17.9 Å². The third-order valence-corrected chi connectivity index (χ3v) is 7.67. The van der Waals surface area contributed by atoms with Crippen molar-refractivity contribution in [3.63, 3.8) is 0 Å². The number of carbonyl (C=O) groups is 2. The highest BCUT2D eigenvalue weighted by molar-refractivity contribution is 6.02. The number of carbonyl (C=O) groups excluding carboxylic acids is 2. The Bertz CT molecular complexity index is 1270. The van der Waals surface area contributed by atoms with Crippen molar-refractivity contribution in [2.75, 3.05) is 6.79 Å². The fraction of sp³-hybridized carbons (Fsp3) is 0.462. The Morgan fingerprint density at radius 1 is 1.12 bits per heavy atom. The van der Waals surface area contributed by atoms with E-state index in [1.165, 1.54) is 0 Å². The molecule has 1 N–H and O–H groups in total. The molecule has 3 aliphatic rings. The van der Waals surface area contributed by atoms with Crippen molar-refractivity contribution in [3.8, 4) is 11.5 Å². The first kappa shape index (κ1) is 21.1. The van der Waals surface area contributed by atoms with E-state index in [9.17, 15) is 9.59 Å². The summed E-state index contributed by atoms with van der Waals surface area (Å²) in [5.74, 6) is 1.74. The van der Waals surface area contributed by atoms with E-state index in [2.05, 4.69) is 12.2 Å². The van der Waals surface area contributed by atoms with Gasteiger partial charge in [-0.3, -0.25) is 9.59 Å². The van der Waals surface area contributed by atoms with Gasteiger partial charge in [-0.05, 0) is 56.2 Å². The first-order valence-corrected chi connectivity index (χ1v) is 12.0. The number of amides is 2. The zero-order valence-electron chi connectivity index (χ0n) is 19.5. The molecule has 1 saturated carbocycles. The van der Waals surface area contributed by atoms with Crippen LogP contribution in [0.1, 0.15) is 55.6 Å². The third-order valence-electron chi connectivity index (χ3n) is 7.67. The van der Waals surface area contributed by atoms with Gasteiger partial charge in [-0.25, -0.2) is 0 Å². The Labute approximate surface area is 197 Å². The van der Waals surface area contributed by atoms with Gasteiger partial charge < -0.3 is 28.7 Å². The van der Waals surface area contributed by atoms with Crippen molar-refractivity contribution in [2.24, 2.45) is 5.92 Å². The van der Waals surface area contributed by atoms with Gasteiger partial charge in [0.2, 0.25) is 12.7 Å². The van der Waals surface area contributed by atoms with Gasteiger partial charge in [0.1, 0.15) is 11.2 Å². The minimum Gasteiger partial charge on any atom is -0.463 e. The van der Waals surface area contributed by atoms with Gasteiger partial charge in [-0.1, -0.05) is 13.0 Å². The van der Waals surface area contributed by atoms with E-state index in [0.717, 1.165) is 36.8 Å². The Morgan fingerprint density at radius 3 is 2.74 bits per heavy atom. The quantitative estimate of drug-likeness (QED) is 0.630. The van der Waals surface area contributed by atoms with E-state index in [1.807, 2.05) is 35.8 Å². The molecule has 3 aromatic rings. The Hall–Kier alpha value is -3.42. The number of nitrogens with one attached hydrogen (secondary N) is 1. The van der Waals surface area contributed by atoms with Crippen molar-refractivity contribution in [2.45, 2.75) is 64.2 Å². The van der Waals surface area contributed by atoms with E-state index >= 15 is 0 Å². The number of rotatable bonds is 4. The molecular formula is C26H29N3O5. The van der Waals surface area contributed by atoms with E-state index < -0.39 is 5.54 Å². The number of hydrogen-bond acceptors (Lipinski definition) is 5. The van der Waals surface area contributed by atoms with Crippen LogP contribution in [0.4, 0.5) is 0 Å². The molecule has 1 unspecified atom stereocenters. The molecule has 1 aromatic carbocycles. The molecule has 8 nitrogen and oxygen atoms in total. The van der Waals surface area contributed by atoms with Crippen LogP contribution in [0, 0.1) is 5.92 Å². The smallest absolute Gasteiger partial charge is 0.271 e. The predicted molar refractivity (Wildman–Crippen MR) is 125 cm³/mol. The lowest BCUT2D eigenvalue weighted by Crippen LogP contribution is -2.64. The lowest BCUT2D eigenvalue weighted by molar-refractivity contribution is -0.134. The highest BCUT2D eigenvalue weighted by atomic mass is 16.7. The summed E-state index contributed by atoms with van der Waals surface area (Å²) in [6.07, 6.45) is 5.78. The molecular weight excluding hydrogens is 434 g/mol. The molecule has 8 heteroatoms. The maximum atomic E-state index is 13.8. The normalized spacial score (nSPS) is 26.1. The van der Waals surface area contributed by atoms with Crippen LogP contribution in [0.25, 0.3) is 11.1 Å². The van der Waals surface area contributed by atoms with Crippen LogP contribution in [0.5, 0.6) is 11.5 Å². The van der Waals surface area contributed by atoms with E-state index in [1.54, 1.807) is 17.2 Å². The number of hydrogen-bond donors (Lipinski definition) is 1. The zero-order valence-corrected chi connectivity index (χ0v) is 19.5. The number of fused-ring (bicyclic) bond motifs is 4. The molecule has 0 radical (unpaired) electrons. The Morgan fingerprint density at radius 2 is 1.91 bits per heavy atom. The molecule has 0 bridgehead atoms. The predicted octanol–water partition coefficient (Wildman–Crippen LogP) is 4.07. The lowest BCUT2D eigenvalue weighted by atomic mass is 9.86. The Kier molecular flexibility index (Phi) is 4.86. The molecule has 178 valence electrons. The fourth-order valence-electron chi connectivity index (χ4n) is 5.49. The number of ether oxygens (including phenoxy) is 2. The molecule has 0 saturated heterocycles. The van der Waals surface area contributed by atoms with Gasteiger partial charge in [0, 0.05) is 24.7 Å². The standard InChI is InChI=1S/C26H29N3O5/c1-16-3-6-18(7-4-16)27-25(31)26(2)14-28-19-9-10-32-22(19)12-20(28)24(30)29(26)13-17-5-8-21-23(11-17)34-15-33-21/h5,8-12,16,18H,3-4,6-7,13-15H2,1-2H3,(H,27,31). The summed E-state index contributed by atoms with van der Waals surface area (Å²) in [6, 6.07) is 9.41. The molecule has 4 heterocycles. The highest BCUT2D eigenvalue weighted by Gasteiger charge is 2.48. The molecule has 1 aliphatic carbocycles. The first-order valence-electron chi connectivity index (χ1n) is 12.0. The second kappa shape index (κ2) is 7.82. The van der Waals surface area contributed by atoms with Crippen LogP contribution in [-0.4, -0.2) is 39.7 Å². The summed E-state index contributed by atoms with van der Waals surface area (Å²) in [5, 5.41) is 3.28. The molecule has 34 heavy (non-hydrogen) atoms. The largest absolute Gasteiger partial charge is 0.463 e. The fourth-order valence-corrected chi connectivity index (χ4v) is 5.49. The van der Waals surface area contributed by atoms with Crippen molar-refractivity contribution >= 4 is 22.9 Å². The summed E-state index contributed by atoms with van der Waals surface area (Å²) in [6.45, 7) is 4.96. The molecule has 2 aromatic heterocycles. The van der Waals surface area contributed by atoms with Crippen LogP contribution >= 0.6 is 0 Å². The van der Waals surface area contributed by atoms with Gasteiger partial charge in [0.15, 0.2) is 17.1 Å². The molecule has 0 spiro atoms. The lowest BCUT2D eigenvalue weighted by Gasteiger charge is -2.45. The van der Waals surface area contributed by atoms with Crippen molar-refractivity contribution in [1.82, 2.24) is 14.8 Å². The van der Waals surface area contributed by atoms with Gasteiger partial charge in [-0.15, -0.1) is 0 Å². The van der Waals surface area contributed by atoms with Crippen LogP contribution < -0.4 is 14.8 Å². The summed E-state index contributed by atoms with van der Waals surface area (Å²) in [5.41, 5.74) is 1.83. The molecule has 2 aliphatic heterocycles. The van der Waals surface area contributed by atoms with Gasteiger partial charge in [0.25, 0.3) is 5.91 Å². The van der Waals surface area contributed by atoms with E-state index in [0.29, 0.717) is 35.2 Å². The van der Waals surface area contributed by atoms with Gasteiger partial charge in [0.05, 0.1) is 18.3 Å². The maximum Gasteiger partial charge on any atom is 0.271 e. The van der Waals surface area contributed by atoms with E-state index in [-0.39, 0.29) is 31.2 Å². The minimum atomic E-state index is -1.06. The number of furan rings is 1. The van der Waals surface area contributed by atoms with E-state index in [4.69, 9.17) is 13.9 Å². The average molecular weight is 464 g/mol. The highest BCUT2D eigenvalue weighted by Crippen LogP contribution is 2.37. The summed E-state index contributed by atoms with van der Waals surface area (Å²) in [4.78, 5) is 29.3. The molecule has 1 atom stereocenters. The van der Waals surface area contributed by atoms with Crippen LogP contribution in [0.15, 0.2) is 41.0 Å². The zero-order chi connectivity index (χ0) is 23.4. The maximum absolute atomic E-state index is 13.8. The van der Waals surface area contributed by atoms with Crippen molar-refractivity contribution < 1.29 is 23.5 Å². The number of benzene rings is 1. The summed E-state index contributed by atoms with van der Waals surface area (Å²) >= 11 is 0. The first-order chi connectivity index (χ1) is 16.4. The van der Waals surface area contributed by atoms with Crippen molar-refractivity contribution in [1.29, 1.82) is 0 Å². The monoisotopic (exact) mass is 463 g/mol. The van der Waals surface area contributed by atoms with Gasteiger partial charge in [-0.2, -0.15) is 0 Å². The number of aromatic nitrogens is 1. The second-order valence-corrected chi connectivity index (χ2v) is 10.1. The molecule has 2 amide bonds. The Balaban J connectivity index is 1.35. The average Bonchev–Trinajstić information content (AvgIpc) is 3.55. The summed E-state index contributed by atoms with van der Waals surface area (Å²) < 4.78 is 18.4. The van der Waals surface area contributed by atoms with Crippen molar-refractivity contribution in [3.05, 3.63) is 47.9 Å². The van der Waals surface area contributed by atoms with Crippen LogP contribution in [0.3, 0.4) is 0 Å². The SMILES string of the molecule is CC1CCC(NC(=O)C2(C)Cn3c(cc4occc43)C(=O)N2Cc2ccc3c(c2)OCO3)CC1. The van der Waals surface area contributed by atoms with Crippen LogP contribution in [0.2, 0.25) is 0 Å². The summed E-state index contributed by atoms with van der Waals surface area (Å²) in [7, 11) is 0. The second-order valence-electron chi connectivity index (χ2n) is 10.1. The third kappa shape index (κ3) is 3.35. The topological polar surface area (TPSA) is 85.9 Å². The number of nitrogens with zero attached hydrogens (tertiary/aromatic N) is 2. The van der Waals surface area contributed by atoms with Gasteiger partial charge >= 0.3 is 0 Å². The minimum absolute atomic E-state index is 0.114. The molecule has 1 fully saturated rings.